The molecule has 2 aliphatic heterocycles. The molecular formula is C28H36ClN7O3. The van der Waals surface area contributed by atoms with E-state index < -0.39 is 0 Å². The summed E-state index contributed by atoms with van der Waals surface area (Å²) in [6.45, 7) is 5.08. The molecule has 10 nitrogen and oxygen atoms in total. The summed E-state index contributed by atoms with van der Waals surface area (Å²) in [5, 5.41) is 8.23. The van der Waals surface area contributed by atoms with Crippen LogP contribution in [0.25, 0.3) is 11.0 Å². The number of aromatic amines is 1. The second kappa shape index (κ2) is 11.6. The molecular weight excluding hydrogens is 518 g/mol. The van der Waals surface area contributed by atoms with Crippen LogP contribution in [0.3, 0.4) is 0 Å². The lowest BCUT2D eigenvalue weighted by Crippen LogP contribution is -2.50. The van der Waals surface area contributed by atoms with Crippen LogP contribution in [0.4, 0.5) is 17.5 Å². The molecule has 1 aromatic carbocycles. The maximum atomic E-state index is 13.3. The quantitative estimate of drug-likeness (QED) is 0.388. The summed E-state index contributed by atoms with van der Waals surface area (Å²) in [6.07, 6.45) is 8.37. The van der Waals surface area contributed by atoms with E-state index in [9.17, 15) is 4.79 Å². The molecule has 4 heterocycles. The highest BCUT2D eigenvalue weighted by atomic mass is 35.5. The Kier molecular flexibility index (Phi) is 7.76. The molecule has 2 saturated heterocycles. The molecule has 1 saturated carbocycles. The number of H-pyrrole nitrogens is 1. The molecule has 1 aliphatic carbocycles. The van der Waals surface area contributed by atoms with E-state index in [1.54, 1.807) is 19.4 Å². The second-order valence-electron chi connectivity index (χ2n) is 10.6. The van der Waals surface area contributed by atoms with Gasteiger partial charge in [0.15, 0.2) is 0 Å². The Hall–Kier alpha value is -3.08. The Morgan fingerprint density at radius 3 is 2.62 bits per heavy atom. The second-order valence-corrected chi connectivity index (χ2v) is 11.0. The number of hydrogen-bond acceptors (Lipinski definition) is 8. The van der Waals surface area contributed by atoms with Gasteiger partial charge in [0.05, 0.1) is 36.4 Å². The van der Waals surface area contributed by atoms with Gasteiger partial charge in [-0.1, -0.05) is 24.4 Å². The Balaban J connectivity index is 1.16. The minimum absolute atomic E-state index is 0.0297. The fraction of sp³-hybridized carbons (Fsp3) is 0.536. The standard InChI is InChI=1S/C28H36ClN7O3/c1-38-23-16-18(27(37)36-10-8-20(9-11-36)35-12-14-39-15-13-35)6-7-22(23)32-28-33-25-24(21(29)17-30-25)26(34-28)31-19-4-2-3-5-19/h6-7,16-17,19-20H,2-5,8-15H2,1H3,(H3,30,31,32,33,34). The Bertz CT molecular complexity index is 1310. The van der Waals surface area contributed by atoms with Gasteiger partial charge in [-0.2, -0.15) is 9.97 Å². The van der Waals surface area contributed by atoms with Crippen molar-refractivity contribution >= 4 is 46.0 Å². The van der Waals surface area contributed by atoms with Crippen LogP contribution in [0.5, 0.6) is 5.75 Å². The van der Waals surface area contributed by atoms with Gasteiger partial charge in [0, 0.05) is 50.0 Å². The third-order valence-electron chi connectivity index (χ3n) is 8.19. The first-order valence-corrected chi connectivity index (χ1v) is 14.3. The molecule has 3 aromatic rings. The molecule has 3 fully saturated rings. The number of halogens is 1. The fourth-order valence-electron chi connectivity index (χ4n) is 6.03. The molecule has 0 spiro atoms. The lowest BCUT2D eigenvalue weighted by atomic mass is 10.0. The first kappa shape index (κ1) is 26.2. The van der Waals surface area contributed by atoms with Crippen molar-refractivity contribution in [2.24, 2.45) is 0 Å². The first-order chi connectivity index (χ1) is 19.1. The van der Waals surface area contributed by atoms with Crippen LogP contribution in [-0.2, 0) is 4.74 Å². The van der Waals surface area contributed by atoms with Crippen molar-refractivity contribution in [3.63, 3.8) is 0 Å². The predicted molar refractivity (Wildman–Crippen MR) is 152 cm³/mol. The van der Waals surface area contributed by atoms with Crippen molar-refractivity contribution in [1.82, 2.24) is 24.8 Å². The van der Waals surface area contributed by atoms with E-state index in [0.29, 0.717) is 51.5 Å². The molecule has 3 N–H and O–H groups in total. The maximum absolute atomic E-state index is 13.3. The number of nitrogens with one attached hydrogen (secondary N) is 3. The molecule has 11 heteroatoms. The minimum atomic E-state index is 0.0297. The van der Waals surface area contributed by atoms with Gasteiger partial charge in [0.25, 0.3) is 5.91 Å². The number of rotatable bonds is 7. The Morgan fingerprint density at radius 2 is 1.87 bits per heavy atom. The van der Waals surface area contributed by atoms with Gasteiger partial charge in [0.1, 0.15) is 17.2 Å². The summed E-state index contributed by atoms with van der Waals surface area (Å²) in [5.74, 6) is 1.72. The molecule has 0 radical (unpaired) electrons. The molecule has 208 valence electrons. The topological polar surface area (TPSA) is 108 Å². The van der Waals surface area contributed by atoms with Crippen LogP contribution >= 0.6 is 11.6 Å². The van der Waals surface area contributed by atoms with E-state index in [-0.39, 0.29) is 5.91 Å². The van der Waals surface area contributed by atoms with Crippen molar-refractivity contribution in [1.29, 1.82) is 0 Å². The smallest absolute Gasteiger partial charge is 0.253 e. The Labute approximate surface area is 233 Å². The average Bonchev–Trinajstić information content (AvgIpc) is 3.63. The zero-order valence-corrected chi connectivity index (χ0v) is 23.1. The number of likely N-dealkylation sites (tertiary alicyclic amines) is 1. The largest absolute Gasteiger partial charge is 0.495 e. The minimum Gasteiger partial charge on any atom is -0.495 e. The van der Waals surface area contributed by atoms with Gasteiger partial charge < -0.3 is 30.0 Å². The highest BCUT2D eigenvalue weighted by Gasteiger charge is 2.28. The highest BCUT2D eigenvalue weighted by Crippen LogP contribution is 2.34. The van der Waals surface area contributed by atoms with Gasteiger partial charge in [-0.05, 0) is 43.9 Å². The molecule has 6 rings (SSSR count). The van der Waals surface area contributed by atoms with E-state index in [1.165, 1.54) is 12.8 Å². The normalized spacial score (nSPS) is 19.5. The van der Waals surface area contributed by atoms with E-state index >= 15 is 0 Å². The monoisotopic (exact) mass is 553 g/mol. The van der Waals surface area contributed by atoms with Crippen molar-refractivity contribution in [2.75, 3.05) is 57.1 Å². The number of nitrogens with zero attached hydrogens (tertiary/aromatic N) is 4. The number of anilines is 3. The fourth-order valence-corrected chi connectivity index (χ4v) is 6.26. The number of benzene rings is 1. The number of hydrogen-bond donors (Lipinski definition) is 3. The van der Waals surface area contributed by atoms with Crippen LogP contribution in [0.15, 0.2) is 24.4 Å². The van der Waals surface area contributed by atoms with Crippen LogP contribution in [-0.4, -0.2) is 89.2 Å². The zero-order chi connectivity index (χ0) is 26.8. The van der Waals surface area contributed by atoms with Gasteiger partial charge in [-0.15, -0.1) is 0 Å². The average molecular weight is 554 g/mol. The van der Waals surface area contributed by atoms with Crippen molar-refractivity contribution in [3.05, 3.63) is 35.0 Å². The summed E-state index contributed by atoms with van der Waals surface area (Å²) < 4.78 is 11.2. The number of ether oxygens (including phenoxy) is 2. The molecule has 2 aromatic heterocycles. The van der Waals surface area contributed by atoms with Crippen molar-refractivity contribution in [3.8, 4) is 5.75 Å². The number of aromatic nitrogens is 3. The number of carbonyl (C=O) groups excluding carboxylic acids is 1. The third-order valence-corrected chi connectivity index (χ3v) is 8.49. The summed E-state index contributed by atoms with van der Waals surface area (Å²) in [6, 6.07) is 6.38. The number of amides is 1. The predicted octanol–water partition coefficient (Wildman–Crippen LogP) is 4.65. The molecule has 0 bridgehead atoms. The van der Waals surface area contributed by atoms with E-state index in [4.69, 9.17) is 26.1 Å². The van der Waals surface area contributed by atoms with Gasteiger partial charge in [-0.25, -0.2) is 0 Å². The maximum Gasteiger partial charge on any atom is 0.253 e. The van der Waals surface area contributed by atoms with Crippen LogP contribution in [0, 0.1) is 0 Å². The SMILES string of the molecule is COc1cc(C(=O)N2CCC(N3CCOCC3)CC2)ccc1Nc1nc(NC2CCCC2)c2c(Cl)c[nH]c2n1. The summed E-state index contributed by atoms with van der Waals surface area (Å²) >= 11 is 6.45. The number of fused-ring (bicyclic) bond motifs is 1. The van der Waals surface area contributed by atoms with Crippen molar-refractivity contribution in [2.45, 2.75) is 50.6 Å². The molecule has 3 aliphatic rings. The highest BCUT2D eigenvalue weighted by molar-refractivity contribution is 6.36. The number of carbonyl (C=O) groups is 1. The van der Waals surface area contributed by atoms with Gasteiger partial charge >= 0.3 is 0 Å². The molecule has 0 atom stereocenters. The van der Waals surface area contributed by atoms with Gasteiger partial charge in [0.2, 0.25) is 5.95 Å². The molecule has 0 unspecified atom stereocenters. The zero-order valence-electron chi connectivity index (χ0n) is 22.3. The van der Waals surface area contributed by atoms with E-state index in [2.05, 4.69) is 25.5 Å². The number of methoxy groups -OCH3 is 1. The number of morpholine rings is 1. The summed E-state index contributed by atoms with van der Waals surface area (Å²) in [5.41, 5.74) is 1.95. The van der Waals surface area contributed by atoms with Crippen molar-refractivity contribution < 1.29 is 14.3 Å². The van der Waals surface area contributed by atoms with E-state index in [1.807, 2.05) is 17.0 Å². The van der Waals surface area contributed by atoms with E-state index in [0.717, 1.165) is 70.5 Å². The summed E-state index contributed by atoms with van der Waals surface area (Å²) in [4.78, 5) is 30.3. The van der Waals surface area contributed by atoms with Gasteiger partial charge in [-0.3, -0.25) is 9.69 Å². The molecule has 39 heavy (non-hydrogen) atoms. The Morgan fingerprint density at radius 1 is 1.10 bits per heavy atom. The lowest BCUT2D eigenvalue weighted by molar-refractivity contribution is 0.00159. The van der Waals surface area contributed by atoms with Crippen LogP contribution in [0.1, 0.15) is 48.9 Å². The number of piperidine rings is 1. The third kappa shape index (κ3) is 5.64. The summed E-state index contributed by atoms with van der Waals surface area (Å²) in [7, 11) is 1.60. The first-order valence-electron chi connectivity index (χ1n) is 14.0. The van der Waals surface area contributed by atoms with Crippen LogP contribution in [0.2, 0.25) is 5.02 Å². The molecule has 1 amide bonds. The van der Waals surface area contributed by atoms with Crippen LogP contribution < -0.4 is 15.4 Å². The lowest BCUT2D eigenvalue weighted by Gasteiger charge is -2.40.